The summed E-state index contributed by atoms with van der Waals surface area (Å²) >= 11 is 7.43. The largest absolute Gasteiger partial charge is 0.398 e. The van der Waals surface area contributed by atoms with Crippen LogP contribution in [0.1, 0.15) is 17.4 Å². The number of nitrogens with two attached hydrogens (primary N) is 2. The molecule has 0 unspecified atom stereocenters. The Bertz CT molecular complexity index is 1330. The molecule has 6 N–H and O–H groups in total. The molecular formula is C22H21ClFN5O2S. The molecule has 1 fully saturated rings. The zero-order valence-electron chi connectivity index (χ0n) is 16.8. The van der Waals surface area contributed by atoms with Crippen LogP contribution in [0.15, 0.2) is 42.7 Å². The van der Waals surface area contributed by atoms with Gasteiger partial charge in [-0.15, -0.1) is 11.8 Å². The lowest BCUT2D eigenvalue weighted by Gasteiger charge is -2.17. The Hall–Kier alpha value is -2.59. The van der Waals surface area contributed by atoms with Crippen molar-refractivity contribution in [2.45, 2.75) is 35.7 Å². The van der Waals surface area contributed by atoms with Crippen LogP contribution in [0, 0.1) is 5.82 Å². The van der Waals surface area contributed by atoms with E-state index in [0.29, 0.717) is 35.1 Å². The number of nitrogens with zero attached hydrogens (tertiary/aromatic N) is 3. The summed E-state index contributed by atoms with van der Waals surface area (Å²) in [6.07, 6.45) is 2.59. The number of fused-ring (bicyclic) bond motifs is 2. The molecule has 0 aliphatic carbocycles. The first-order chi connectivity index (χ1) is 15.3. The Labute approximate surface area is 192 Å². The highest BCUT2D eigenvalue weighted by Crippen LogP contribution is 2.45. The molecular weight excluding hydrogens is 453 g/mol. The van der Waals surface area contributed by atoms with Gasteiger partial charge in [-0.05, 0) is 48.7 Å². The number of hydrogen-bond donors (Lipinski definition) is 4. The smallest absolute Gasteiger partial charge is 0.142 e. The average Bonchev–Trinajstić information content (AvgIpc) is 3.31. The fourth-order valence-electron chi connectivity index (χ4n) is 4.21. The number of anilines is 2. The number of nitrogen functional groups attached to an aromatic ring is 2. The van der Waals surface area contributed by atoms with Gasteiger partial charge in [0.2, 0.25) is 0 Å². The number of aliphatic hydroxyl groups excluding tert-OH is 2. The molecule has 1 saturated heterocycles. The van der Waals surface area contributed by atoms with Crippen LogP contribution >= 0.6 is 23.4 Å². The Kier molecular flexibility index (Phi) is 5.37. The zero-order chi connectivity index (χ0) is 22.6. The van der Waals surface area contributed by atoms with E-state index in [1.54, 1.807) is 18.3 Å². The molecule has 0 amide bonds. The van der Waals surface area contributed by atoms with Gasteiger partial charge in [-0.25, -0.2) is 14.4 Å². The van der Waals surface area contributed by atoms with Crippen molar-refractivity contribution in [2.75, 3.05) is 11.5 Å². The lowest BCUT2D eigenvalue weighted by molar-refractivity contribution is 0.0176. The van der Waals surface area contributed by atoms with Gasteiger partial charge in [-0.1, -0.05) is 11.6 Å². The molecule has 10 heteroatoms. The maximum Gasteiger partial charge on any atom is 0.142 e. The first kappa shape index (κ1) is 21.3. The van der Waals surface area contributed by atoms with Crippen molar-refractivity contribution in [3.63, 3.8) is 0 Å². The molecule has 1 aromatic carbocycles. The number of aromatic nitrogens is 3. The van der Waals surface area contributed by atoms with E-state index >= 15 is 0 Å². The third-order valence-electron chi connectivity index (χ3n) is 5.90. The normalized spacial score (nSPS) is 23.4. The third-order valence-corrected chi connectivity index (χ3v) is 7.85. The van der Waals surface area contributed by atoms with Crippen molar-refractivity contribution in [3.8, 4) is 0 Å². The number of aryl methyl sites for hydroxylation is 1. The van der Waals surface area contributed by atoms with E-state index in [2.05, 4.69) is 9.97 Å². The molecule has 4 atom stereocenters. The van der Waals surface area contributed by atoms with Crippen LogP contribution in [0.4, 0.5) is 15.9 Å². The summed E-state index contributed by atoms with van der Waals surface area (Å²) in [5.41, 5.74) is 14.2. The van der Waals surface area contributed by atoms with Gasteiger partial charge in [0, 0.05) is 34.1 Å². The highest BCUT2D eigenvalue weighted by molar-refractivity contribution is 8.00. The van der Waals surface area contributed by atoms with E-state index < -0.39 is 23.4 Å². The topological polar surface area (TPSA) is 123 Å². The molecule has 4 aromatic rings. The van der Waals surface area contributed by atoms with Crippen LogP contribution < -0.4 is 11.5 Å². The second-order valence-corrected chi connectivity index (χ2v) is 9.71. The lowest BCUT2D eigenvalue weighted by Crippen LogP contribution is -2.31. The number of halogens is 2. The molecule has 0 bridgehead atoms. The van der Waals surface area contributed by atoms with Crippen LogP contribution in [0.5, 0.6) is 0 Å². The van der Waals surface area contributed by atoms with Crippen molar-refractivity contribution < 1.29 is 14.6 Å². The molecule has 0 radical (unpaired) electrons. The first-order valence-corrected chi connectivity index (χ1v) is 11.4. The second-order valence-electron chi connectivity index (χ2n) is 7.95. The predicted octanol–water partition coefficient (Wildman–Crippen LogP) is 3.51. The number of aliphatic hydroxyl groups is 2. The molecule has 3 aromatic heterocycles. The van der Waals surface area contributed by atoms with Crippen molar-refractivity contribution in [1.29, 1.82) is 0 Å². The highest BCUT2D eigenvalue weighted by Gasteiger charge is 2.43. The Morgan fingerprint density at radius 1 is 1.12 bits per heavy atom. The van der Waals surface area contributed by atoms with Crippen molar-refractivity contribution in [2.24, 2.45) is 0 Å². The number of pyridine rings is 2. The Morgan fingerprint density at radius 3 is 2.75 bits per heavy atom. The summed E-state index contributed by atoms with van der Waals surface area (Å²) in [6.45, 7) is 0. The van der Waals surface area contributed by atoms with Gasteiger partial charge in [-0.2, -0.15) is 0 Å². The Balaban J connectivity index is 1.36. The minimum Gasteiger partial charge on any atom is -0.398 e. The molecule has 0 spiro atoms. The standard InChI is InChI=1S/C22H21ClFN5O2S/c23-13-9-12-14(24)7-10(8-16(12)28-20(13)26)1-2-17-18(30)19(31)22(32-17)29-6-4-11-15(25)3-5-27-21(11)29/h3-9,17-19,22,30-31H,1-2H2,(H2,25,27)(H2,26,28)/t17-,18-,19-,22-/m1/s1. The fraction of sp³-hybridized carbons (Fsp3) is 0.273. The van der Waals surface area contributed by atoms with E-state index in [0.717, 1.165) is 10.9 Å². The predicted molar refractivity (Wildman–Crippen MR) is 126 cm³/mol. The SMILES string of the molecule is Nc1nc2cc(CC[C@H]3S[C@@H](n4ccc5c(N)ccnc54)[C@H](O)[C@@H]3O)cc(F)c2cc1Cl. The summed E-state index contributed by atoms with van der Waals surface area (Å²) in [5.74, 6) is -0.274. The zero-order valence-corrected chi connectivity index (χ0v) is 18.4. The number of thioether (sulfide) groups is 1. The summed E-state index contributed by atoms with van der Waals surface area (Å²) in [7, 11) is 0. The molecule has 166 valence electrons. The number of hydrogen-bond acceptors (Lipinski definition) is 7. The van der Waals surface area contributed by atoms with Crippen molar-refractivity contribution >= 4 is 56.8 Å². The summed E-state index contributed by atoms with van der Waals surface area (Å²) in [4.78, 5) is 8.56. The molecule has 4 heterocycles. The number of rotatable bonds is 4. The van der Waals surface area contributed by atoms with Gasteiger partial charge in [0.1, 0.15) is 28.8 Å². The Morgan fingerprint density at radius 2 is 1.94 bits per heavy atom. The van der Waals surface area contributed by atoms with E-state index in [-0.39, 0.29) is 16.1 Å². The number of benzene rings is 1. The summed E-state index contributed by atoms with van der Waals surface area (Å²) in [6, 6.07) is 8.27. The van der Waals surface area contributed by atoms with Crippen molar-refractivity contribution in [3.05, 3.63) is 59.1 Å². The lowest BCUT2D eigenvalue weighted by atomic mass is 10.0. The fourth-order valence-corrected chi connectivity index (χ4v) is 5.92. The molecule has 7 nitrogen and oxygen atoms in total. The van der Waals surface area contributed by atoms with Gasteiger partial charge >= 0.3 is 0 Å². The van der Waals surface area contributed by atoms with Crippen molar-refractivity contribution in [1.82, 2.24) is 14.5 Å². The summed E-state index contributed by atoms with van der Waals surface area (Å²) < 4.78 is 16.4. The molecule has 32 heavy (non-hydrogen) atoms. The van der Waals surface area contributed by atoms with Gasteiger partial charge in [0.15, 0.2) is 0 Å². The van der Waals surface area contributed by atoms with Gasteiger partial charge in [0.05, 0.1) is 16.6 Å². The summed E-state index contributed by atoms with van der Waals surface area (Å²) in [5, 5.41) is 22.1. The molecule has 1 aliphatic heterocycles. The third kappa shape index (κ3) is 3.55. The second kappa shape index (κ2) is 8.08. The van der Waals surface area contributed by atoms with E-state index in [1.165, 1.54) is 23.9 Å². The van der Waals surface area contributed by atoms with Crippen LogP contribution in [0.3, 0.4) is 0 Å². The van der Waals surface area contributed by atoms with E-state index in [1.807, 2.05) is 16.8 Å². The van der Waals surface area contributed by atoms with Gasteiger partial charge in [0.25, 0.3) is 0 Å². The minimum atomic E-state index is -0.972. The van der Waals surface area contributed by atoms with E-state index in [4.69, 9.17) is 23.1 Å². The first-order valence-electron chi connectivity index (χ1n) is 10.1. The van der Waals surface area contributed by atoms with Crippen LogP contribution in [-0.4, -0.2) is 42.2 Å². The van der Waals surface area contributed by atoms with E-state index in [9.17, 15) is 14.6 Å². The van der Waals surface area contributed by atoms with Gasteiger partial charge < -0.3 is 26.2 Å². The van der Waals surface area contributed by atoms with Crippen LogP contribution in [-0.2, 0) is 6.42 Å². The molecule has 0 saturated carbocycles. The molecule has 5 rings (SSSR count). The average molecular weight is 474 g/mol. The quantitative estimate of drug-likeness (QED) is 0.357. The highest BCUT2D eigenvalue weighted by atomic mass is 35.5. The minimum absolute atomic E-state index is 0.150. The van der Waals surface area contributed by atoms with Crippen LogP contribution in [0.25, 0.3) is 21.9 Å². The van der Waals surface area contributed by atoms with Gasteiger partial charge in [-0.3, -0.25) is 0 Å². The monoisotopic (exact) mass is 473 g/mol. The molecule has 1 aliphatic rings. The van der Waals surface area contributed by atoms with Crippen LogP contribution in [0.2, 0.25) is 5.02 Å². The maximum absolute atomic E-state index is 14.6. The maximum atomic E-state index is 14.6.